The fraction of sp³-hybridized carbons (Fsp3) is 0.471. The Morgan fingerprint density at radius 3 is 2.63 bits per heavy atom. The summed E-state index contributed by atoms with van der Waals surface area (Å²) in [5, 5.41) is 5.86. The maximum Gasteiger partial charge on any atom is 0.330 e. The molecule has 1 unspecified atom stereocenters. The van der Waals surface area contributed by atoms with Crippen molar-refractivity contribution in [1.29, 1.82) is 0 Å². The van der Waals surface area contributed by atoms with Crippen molar-refractivity contribution in [3.05, 3.63) is 46.3 Å². The predicted molar refractivity (Wildman–Crippen MR) is 98.4 cm³/mol. The highest BCUT2D eigenvalue weighted by molar-refractivity contribution is 8.01. The third kappa shape index (κ3) is 3.22. The van der Waals surface area contributed by atoms with Gasteiger partial charge < -0.3 is 15.0 Å². The lowest BCUT2D eigenvalue weighted by Crippen LogP contribution is -2.71. The van der Waals surface area contributed by atoms with Crippen molar-refractivity contribution in [3.8, 4) is 0 Å². The van der Waals surface area contributed by atoms with Crippen LogP contribution in [0.3, 0.4) is 0 Å². The van der Waals surface area contributed by atoms with Crippen LogP contribution in [0.15, 0.2) is 35.4 Å². The van der Waals surface area contributed by atoms with E-state index in [0.717, 1.165) is 0 Å². The lowest BCUT2D eigenvalue weighted by molar-refractivity contribution is -0.162. The highest BCUT2D eigenvalue weighted by Crippen LogP contribution is 2.51. The standard InChI is InChI=1S/C17H19N5O4S/c1-17(2)12(16(25)26-3)22-14(24)11(15(22)27-17)19-13(23)10(20-21-18)9-7-5-4-6-8-9/h4-8,10-12,15H,1-3H3,(H,19,23)/t10?,11-,12+,15-/m1/s1. The molecule has 0 radical (unpaired) electrons. The smallest absolute Gasteiger partial charge is 0.330 e. The first-order valence-corrected chi connectivity index (χ1v) is 9.17. The van der Waals surface area contributed by atoms with Gasteiger partial charge >= 0.3 is 5.97 Å². The maximum absolute atomic E-state index is 12.7. The van der Waals surface area contributed by atoms with E-state index in [1.807, 2.05) is 13.8 Å². The number of amides is 2. The predicted octanol–water partition coefficient (Wildman–Crippen LogP) is 1.76. The van der Waals surface area contributed by atoms with Crippen molar-refractivity contribution in [2.75, 3.05) is 7.11 Å². The van der Waals surface area contributed by atoms with E-state index < -0.39 is 34.7 Å². The molecule has 2 aliphatic heterocycles. The van der Waals surface area contributed by atoms with Crippen LogP contribution in [0.2, 0.25) is 0 Å². The Morgan fingerprint density at radius 1 is 1.37 bits per heavy atom. The molecule has 27 heavy (non-hydrogen) atoms. The molecule has 2 fully saturated rings. The molecule has 10 heteroatoms. The van der Waals surface area contributed by atoms with Crippen LogP contribution in [0.1, 0.15) is 25.5 Å². The van der Waals surface area contributed by atoms with Crippen molar-refractivity contribution < 1.29 is 19.1 Å². The van der Waals surface area contributed by atoms with Gasteiger partial charge in [-0.2, -0.15) is 0 Å². The number of hydrogen-bond acceptors (Lipinski definition) is 6. The van der Waals surface area contributed by atoms with E-state index in [-0.39, 0.29) is 11.3 Å². The second-order valence-electron chi connectivity index (χ2n) is 6.79. The van der Waals surface area contributed by atoms with E-state index in [4.69, 9.17) is 10.3 Å². The van der Waals surface area contributed by atoms with Crippen molar-refractivity contribution in [1.82, 2.24) is 10.2 Å². The molecular formula is C17H19N5O4S. The average molecular weight is 389 g/mol. The molecule has 9 nitrogen and oxygen atoms in total. The minimum Gasteiger partial charge on any atom is -0.467 e. The van der Waals surface area contributed by atoms with E-state index in [1.165, 1.54) is 23.8 Å². The zero-order valence-corrected chi connectivity index (χ0v) is 15.8. The molecule has 0 saturated carbocycles. The maximum atomic E-state index is 12.7. The van der Waals surface area contributed by atoms with Crippen LogP contribution in [0.5, 0.6) is 0 Å². The number of fused-ring (bicyclic) bond motifs is 1. The van der Waals surface area contributed by atoms with Gasteiger partial charge in [0, 0.05) is 9.66 Å². The number of azide groups is 1. The van der Waals surface area contributed by atoms with E-state index in [0.29, 0.717) is 5.56 Å². The first-order chi connectivity index (χ1) is 12.8. The summed E-state index contributed by atoms with van der Waals surface area (Å²) < 4.78 is 4.28. The minimum absolute atomic E-state index is 0.352. The average Bonchev–Trinajstić information content (AvgIpc) is 2.92. The van der Waals surface area contributed by atoms with E-state index in [2.05, 4.69) is 15.3 Å². The van der Waals surface area contributed by atoms with Crippen molar-refractivity contribution in [2.45, 2.75) is 42.1 Å². The zero-order valence-electron chi connectivity index (χ0n) is 15.0. The lowest BCUT2D eigenvalue weighted by Gasteiger charge is -2.44. The Bertz CT molecular complexity index is 824. The molecule has 2 aliphatic rings. The fourth-order valence-electron chi connectivity index (χ4n) is 3.43. The molecule has 0 aliphatic carbocycles. The van der Waals surface area contributed by atoms with Crippen LogP contribution < -0.4 is 5.32 Å². The van der Waals surface area contributed by atoms with Gasteiger partial charge in [0.15, 0.2) is 0 Å². The normalized spacial score (nSPS) is 26.3. The minimum atomic E-state index is -1.08. The van der Waals surface area contributed by atoms with Crippen molar-refractivity contribution in [2.24, 2.45) is 5.11 Å². The van der Waals surface area contributed by atoms with Crippen LogP contribution in [0.25, 0.3) is 10.4 Å². The molecule has 0 bridgehead atoms. The van der Waals surface area contributed by atoms with E-state index in [9.17, 15) is 14.4 Å². The molecule has 0 aromatic heterocycles. The van der Waals surface area contributed by atoms with Crippen molar-refractivity contribution in [3.63, 3.8) is 0 Å². The summed E-state index contributed by atoms with van der Waals surface area (Å²) in [6, 6.07) is 6.03. The summed E-state index contributed by atoms with van der Waals surface area (Å²) in [6.45, 7) is 3.72. The number of methoxy groups -OCH3 is 1. The van der Waals surface area contributed by atoms with Gasteiger partial charge in [-0.05, 0) is 24.9 Å². The first kappa shape index (κ1) is 19.1. The number of nitrogens with zero attached hydrogens (tertiary/aromatic N) is 4. The van der Waals surface area contributed by atoms with Gasteiger partial charge in [-0.25, -0.2) is 4.79 Å². The van der Waals surface area contributed by atoms with Gasteiger partial charge in [-0.1, -0.05) is 35.4 Å². The first-order valence-electron chi connectivity index (χ1n) is 8.29. The SMILES string of the molecule is COC(=O)[C@@H]1N2C(=O)[C@@H](NC(=O)C(N=[N+]=[N-])c3ccccc3)[C@H]2SC1(C)C. The molecular weight excluding hydrogens is 370 g/mol. The number of nitrogens with one attached hydrogen (secondary N) is 1. The fourth-order valence-corrected chi connectivity index (χ4v) is 5.05. The van der Waals surface area contributed by atoms with E-state index >= 15 is 0 Å². The van der Waals surface area contributed by atoms with Crippen LogP contribution in [0, 0.1) is 0 Å². The molecule has 1 aromatic rings. The summed E-state index contributed by atoms with van der Waals surface area (Å²) in [5.41, 5.74) is 9.32. The summed E-state index contributed by atoms with van der Waals surface area (Å²) in [6.07, 6.45) is 0. The Kier molecular flexibility index (Phi) is 5.03. The molecule has 142 valence electrons. The number of β-lactam (4-membered cyclic amide) rings is 1. The van der Waals surface area contributed by atoms with Crippen LogP contribution in [0.4, 0.5) is 0 Å². The molecule has 1 aromatic carbocycles. The summed E-state index contributed by atoms with van der Waals surface area (Å²) in [5.74, 6) is -1.39. The largest absolute Gasteiger partial charge is 0.467 e. The number of thioether (sulfide) groups is 1. The second kappa shape index (κ2) is 7.13. The Hall–Kier alpha value is -2.71. The number of esters is 1. The highest BCUT2D eigenvalue weighted by Gasteiger charge is 2.64. The summed E-state index contributed by atoms with van der Waals surface area (Å²) >= 11 is 1.43. The molecule has 3 rings (SSSR count). The van der Waals surface area contributed by atoms with Gasteiger partial charge in [-0.15, -0.1) is 11.8 Å². The highest BCUT2D eigenvalue weighted by atomic mass is 32.2. The summed E-state index contributed by atoms with van der Waals surface area (Å²) in [4.78, 5) is 41.6. The Morgan fingerprint density at radius 2 is 2.04 bits per heavy atom. The number of benzene rings is 1. The third-order valence-electron chi connectivity index (χ3n) is 4.69. The van der Waals surface area contributed by atoms with Gasteiger partial charge in [0.25, 0.3) is 0 Å². The third-order valence-corrected chi connectivity index (χ3v) is 6.27. The molecule has 2 saturated heterocycles. The van der Waals surface area contributed by atoms with Gasteiger partial charge in [0.05, 0.1) is 7.11 Å². The van der Waals surface area contributed by atoms with Gasteiger partial charge in [-0.3, -0.25) is 9.59 Å². The molecule has 2 heterocycles. The number of hydrogen-bond donors (Lipinski definition) is 1. The molecule has 4 atom stereocenters. The monoisotopic (exact) mass is 389 g/mol. The van der Waals surface area contributed by atoms with E-state index in [1.54, 1.807) is 30.3 Å². The number of rotatable bonds is 5. The number of carbonyl (C=O) groups excluding carboxylic acids is 3. The van der Waals surface area contributed by atoms with Crippen LogP contribution >= 0.6 is 11.8 Å². The Labute approximate surface area is 160 Å². The van der Waals surface area contributed by atoms with Gasteiger partial charge in [0.2, 0.25) is 11.8 Å². The number of ether oxygens (including phenoxy) is 1. The van der Waals surface area contributed by atoms with Crippen LogP contribution in [-0.4, -0.2) is 52.0 Å². The topological polar surface area (TPSA) is 124 Å². The lowest BCUT2D eigenvalue weighted by atomic mass is 9.95. The Balaban J connectivity index is 1.77. The second-order valence-corrected chi connectivity index (χ2v) is 8.56. The zero-order chi connectivity index (χ0) is 19.8. The number of carbonyl (C=O) groups is 3. The van der Waals surface area contributed by atoms with Crippen molar-refractivity contribution >= 4 is 29.5 Å². The molecule has 0 spiro atoms. The van der Waals surface area contributed by atoms with Crippen LogP contribution in [-0.2, 0) is 19.1 Å². The summed E-state index contributed by atoms with van der Waals surface area (Å²) in [7, 11) is 1.28. The molecule has 1 N–H and O–H groups in total. The molecule has 2 amide bonds. The quantitative estimate of drug-likeness (QED) is 0.270. The van der Waals surface area contributed by atoms with Gasteiger partial charge in [0.1, 0.15) is 23.5 Å².